The van der Waals surface area contributed by atoms with E-state index in [2.05, 4.69) is 5.32 Å². The van der Waals surface area contributed by atoms with E-state index in [1.165, 1.54) is 17.0 Å². The van der Waals surface area contributed by atoms with Crippen LogP contribution in [0.5, 0.6) is 0 Å². The number of amides is 2. The van der Waals surface area contributed by atoms with E-state index in [4.69, 9.17) is 11.6 Å². The normalized spacial score (nSPS) is 11.9. The van der Waals surface area contributed by atoms with E-state index in [0.29, 0.717) is 13.0 Å². The summed E-state index contributed by atoms with van der Waals surface area (Å²) in [6.07, 6.45) is 0.399. The number of benzene rings is 2. The molecule has 0 aliphatic heterocycles. The Balaban J connectivity index is 2.20. The summed E-state index contributed by atoms with van der Waals surface area (Å²) < 4.78 is 14.1. The summed E-state index contributed by atoms with van der Waals surface area (Å²) in [4.78, 5) is 27.0. The van der Waals surface area contributed by atoms with Crippen LogP contribution in [0.25, 0.3) is 0 Å². The SMILES string of the molecule is CC(C)NC(=O)C(C)N(CCc1ccccc1)C(=O)Cc1c(F)cccc1Cl. The fourth-order valence-electron chi connectivity index (χ4n) is 2.93. The topological polar surface area (TPSA) is 49.4 Å². The molecule has 0 aliphatic carbocycles. The smallest absolute Gasteiger partial charge is 0.242 e. The number of nitrogens with zero attached hydrogens (tertiary/aromatic N) is 1. The summed E-state index contributed by atoms with van der Waals surface area (Å²) in [6.45, 7) is 5.75. The second-order valence-electron chi connectivity index (χ2n) is 7.04. The molecule has 2 aromatic rings. The Kier molecular flexibility index (Phi) is 8.00. The number of hydrogen-bond acceptors (Lipinski definition) is 2. The predicted molar refractivity (Wildman–Crippen MR) is 110 cm³/mol. The highest BCUT2D eigenvalue weighted by atomic mass is 35.5. The van der Waals surface area contributed by atoms with Crippen LogP contribution in [-0.4, -0.2) is 35.3 Å². The highest BCUT2D eigenvalue weighted by Crippen LogP contribution is 2.21. The van der Waals surface area contributed by atoms with Gasteiger partial charge in [-0.1, -0.05) is 48.0 Å². The van der Waals surface area contributed by atoms with Gasteiger partial charge in [0, 0.05) is 23.2 Å². The highest BCUT2D eigenvalue weighted by Gasteiger charge is 2.27. The third-order valence-corrected chi connectivity index (χ3v) is 4.83. The first-order chi connectivity index (χ1) is 13.3. The van der Waals surface area contributed by atoms with Crippen molar-refractivity contribution in [2.45, 2.75) is 45.7 Å². The standard InChI is InChI=1S/C22H26ClFN2O2/c1-15(2)25-22(28)16(3)26(13-12-17-8-5-4-6-9-17)21(27)14-18-19(23)10-7-11-20(18)24/h4-11,15-16H,12-14H2,1-3H3,(H,25,28). The minimum absolute atomic E-state index is 0.0398. The average Bonchev–Trinajstić information content (AvgIpc) is 2.65. The van der Waals surface area contributed by atoms with Crippen LogP contribution in [0.3, 0.4) is 0 Å². The summed E-state index contributed by atoms with van der Waals surface area (Å²) in [6, 6.07) is 13.3. The summed E-state index contributed by atoms with van der Waals surface area (Å²) in [5.41, 5.74) is 1.20. The van der Waals surface area contributed by atoms with Crippen LogP contribution in [0.4, 0.5) is 4.39 Å². The van der Waals surface area contributed by atoms with Gasteiger partial charge in [0.25, 0.3) is 0 Å². The number of nitrogens with one attached hydrogen (secondary N) is 1. The first kappa shape index (κ1) is 21.9. The minimum Gasteiger partial charge on any atom is -0.352 e. The molecule has 28 heavy (non-hydrogen) atoms. The van der Waals surface area contributed by atoms with Crippen molar-refractivity contribution in [2.24, 2.45) is 0 Å². The Hall–Kier alpha value is -2.40. The summed E-state index contributed by atoms with van der Waals surface area (Å²) in [5, 5.41) is 3.03. The molecule has 2 rings (SSSR count). The van der Waals surface area contributed by atoms with E-state index in [1.54, 1.807) is 13.0 Å². The van der Waals surface area contributed by atoms with Gasteiger partial charge in [-0.15, -0.1) is 0 Å². The Bertz CT molecular complexity index is 791. The first-order valence-electron chi connectivity index (χ1n) is 9.36. The molecular formula is C22H26ClFN2O2. The Morgan fingerprint density at radius 2 is 1.75 bits per heavy atom. The van der Waals surface area contributed by atoms with Gasteiger partial charge in [-0.3, -0.25) is 9.59 Å². The largest absolute Gasteiger partial charge is 0.352 e. The molecule has 0 spiro atoms. The van der Waals surface area contributed by atoms with Crippen molar-refractivity contribution < 1.29 is 14.0 Å². The lowest BCUT2D eigenvalue weighted by molar-refractivity contribution is -0.139. The van der Waals surface area contributed by atoms with Crippen LogP contribution < -0.4 is 5.32 Å². The molecule has 0 fully saturated rings. The lowest BCUT2D eigenvalue weighted by Gasteiger charge is -2.29. The summed E-state index contributed by atoms with van der Waals surface area (Å²) >= 11 is 6.07. The molecule has 0 bridgehead atoms. The summed E-state index contributed by atoms with van der Waals surface area (Å²) in [7, 11) is 0. The molecule has 150 valence electrons. The highest BCUT2D eigenvalue weighted by molar-refractivity contribution is 6.31. The Labute approximate surface area is 170 Å². The fraction of sp³-hybridized carbons (Fsp3) is 0.364. The molecule has 2 amide bonds. The molecule has 0 aliphatic rings. The molecule has 2 aromatic carbocycles. The number of halogens is 2. The van der Waals surface area contributed by atoms with Gasteiger partial charge in [0.1, 0.15) is 11.9 Å². The van der Waals surface area contributed by atoms with Crippen LogP contribution in [0.15, 0.2) is 48.5 Å². The van der Waals surface area contributed by atoms with Gasteiger partial charge >= 0.3 is 0 Å². The summed E-state index contributed by atoms with van der Waals surface area (Å²) in [5.74, 6) is -1.10. The molecule has 0 saturated carbocycles. The van der Waals surface area contributed by atoms with E-state index in [-0.39, 0.29) is 34.9 Å². The van der Waals surface area contributed by atoms with Gasteiger partial charge in [-0.05, 0) is 44.9 Å². The monoisotopic (exact) mass is 404 g/mol. The van der Waals surface area contributed by atoms with Crippen molar-refractivity contribution in [3.8, 4) is 0 Å². The molecular weight excluding hydrogens is 379 g/mol. The molecule has 0 heterocycles. The van der Waals surface area contributed by atoms with E-state index >= 15 is 0 Å². The van der Waals surface area contributed by atoms with Crippen molar-refractivity contribution in [3.05, 3.63) is 70.5 Å². The third-order valence-electron chi connectivity index (χ3n) is 4.47. The van der Waals surface area contributed by atoms with Crippen LogP contribution in [0, 0.1) is 5.82 Å². The molecule has 0 aromatic heterocycles. The van der Waals surface area contributed by atoms with Crippen molar-refractivity contribution >= 4 is 23.4 Å². The van der Waals surface area contributed by atoms with Gasteiger partial charge < -0.3 is 10.2 Å². The Morgan fingerprint density at radius 3 is 2.36 bits per heavy atom. The second kappa shape index (κ2) is 10.2. The zero-order valence-electron chi connectivity index (χ0n) is 16.4. The minimum atomic E-state index is -0.677. The second-order valence-corrected chi connectivity index (χ2v) is 7.45. The van der Waals surface area contributed by atoms with E-state index < -0.39 is 11.9 Å². The van der Waals surface area contributed by atoms with Crippen molar-refractivity contribution in [2.75, 3.05) is 6.54 Å². The maximum atomic E-state index is 14.1. The Morgan fingerprint density at radius 1 is 1.07 bits per heavy atom. The lowest BCUT2D eigenvalue weighted by Crippen LogP contribution is -2.50. The number of hydrogen-bond donors (Lipinski definition) is 1. The molecule has 0 radical (unpaired) electrons. The number of carbonyl (C=O) groups excluding carboxylic acids is 2. The maximum Gasteiger partial charge on any atom is 0.242 e. The van der Waals surface area contributed by atoms with Crippen LogP contribution in [-0.2, 0) is 22.4 Å². The van der Waals surface area contributed by atoms with E-state index in [1.807, 2.05) is 44.2 Å². The first-order valence-corrected chi connectivity index (χ1v) is 9.74. The molecule has 1 unspecified atom stereocenters. The maximum absolute atomic E-state index is 14.1. The molecule has 6 heteroatoms. The molecule has 0 saturated heterocycles. The van der Waals surface area contributed by atoms with Gasteiger partial charge in [0.15, 0.2) is 0 Å². The molecule has 1 atom stereocenters. The fourth-order valence-corrected chi connectivity index (χ4v) is 3.16. The van der Waals surface area contributed by atoms with E-state index in [9.17, 15) is 14.0 Å². The van der Waals surface area contributed by atoms with Gasteiger partial charge in [0.2, 0.25) is 11.8 Å². The van der Waals surface area contributed by atoms with Crippen LogP contribution >= 0.6 is 11.6 Å². The predicted octanol–water partition coefficient (Wildman–Crippen LogP) is 4.01. The van der Waals surface area contributed by atoms with Gasteiger partial charge in [-0.2, -0.15) is 0 Å². The average molecular weight is 405 g/mol. The quantitative estimate of drug-likeness (QED) is 0.722. The molecule has 1 N–H and O–H groups in total. The zero-order valence-corrected chi connectivity index (χ0v) is 17.2. The zero-order chi connectivity index (χ0) is 20.7. The van der Waals surface area contributed by atoms with Crippen molar-refractivity contribution in [3.63, 3.8) is 0 Å². The van der Waals surface area contributed by atoms with Gasteiger partial charge in [0.05, 0.1) is 6.42 Å². The lowest BCUT2D eigenvalue weighted by atomic mass is 10.1. The van der Waals surface area contributed by atoms with Crippen molar-refractivity contribution in [1.29, 1.82) is 0 Å². The number of carbonyl (C=O) groups is 2. The van der Waals surface area contributed by atoms with E-state index in [0.717, 1.165) is 5.56 Å². The third kappa shape index (κ3) is 6.06. The van der Waals surface area contributed by atoms with Gasteiger partial charge in [-0.25, -0.2) is 4.39 Å². The van der Waals surface area contributed by atoms with Crippen LogP contribution in [0.2, 0.25) is 5.02 Å². The van der Waals surface area contributed by atoms with Crippen molar-refractivity contribution in [1.82, 2.24) is 10.2 Å². The number of rotatable bonds is 8. The molecule has 4 nitrogen and oxygen atoms in total. The van der Waals surface area contributed by atoms with Crippen LogP contribution in [0.1, 0.15) is 31.9 Å².